The number of non-ortho nitro benzene ring substituents is 1. The molecule has 0 saturated heterocycles. The third-order valence-corrected chi connectivity index (χ3v) is 2.74. The number of nitro benzene ring substituents is 1. The molecule has 0 aliphatic rings. The number of nitrogens with zero attached hydrogens (tertiary/aromatic N) is 1. The van der Waals surface area contributed by atoms with E-state index in [1.165, 1.54) is 24.3 Å². The molecule has 0 aliphatic heterocycles. The van der Waals surface area contributed by atoms with Crippen molar-refractivity contribution >= 4 is 12.0 Å². The maximum Gasteiger partial charge on any atom is 0.269 e. The molecular formula is C12H15NO4. The third kappa shape index (κ3) is 3.10. The van der Waals surface area contributed by atoms with Crippen molar-refractivity contribution in [1.29, 1.82) is 0 Å². The first-order valence-electron chi connectivity index (χ1n) is 5.35. The van der Waals surface area contributed by atoms with Gasteiger partial charge in [-0.05, 0) is 23.6 Å². The lowest BCUT2D eigenvalue weighted by Crippen LogP contribution is -2.19. The lowest BCUT2D eigenvalue weighted by molar-refractivity contribution is -0.384. The number of aliphatic hydroxyl groups excluding tert-OH is 1. The summed E-state index contributed by atoms with van der Waals surface area (Å²) in [6.45, 7) is 3.68. The highest BCUT2D eigenvalue weighted by Gasteiger charge is 2.23. The van der Waals surface area contributed by atoms with Gasteiger partial charge in [0.1, 0.15) is 6.29 Å². The molecule has 0 aliphatic carbocycles. The van der Waals surface area contributed by atoms with E-state index in [0.29, 0.717) is 5.56 Å². The van der Waals surface area contributed by atoms with Crippen LogP contribution in [0.15, 0.2) is 24.3 Å². The van der Waals surface area contributed by atoms with E-state index in [1.807, 2.05) is 13.8 Å². The number of benzene rings is 1. The fourth-order valence-corrected chi connectivity index (χ4v) is 1.61. The van der Waals surface area contributed by atoms with Crippen molar-refractivity contribution in [2.24, 2.45) is 11.8 Å². The molecule has 0 fully saturated rings. The molecule has 1 rings (SSSR count). The van der Waals surface area contributed by atoms with Crippen LogP contribution in [0.5, 0.6) is 0 Å². The number of hydrogen-bond donors (Lipinski definition) is 1. The Morgan fingerprint density at radius 1 is 1.29 bits per heavy atom. The Morgan fingerprint density at radius 2 is 1.82 bits per heavy atom. The van der Waals surface area contributed by atoms with Crippen molar-refractivity contribution in [1.82, 2.24) is 0 Å². The summed E-state index contributed by atoms with van der Waals surface area (Å²) < 4.78 is 0. The summed E-state index contributed by atoms with van der Waals surface area (Å²) in [5.74, 6) is -0.492. The van der Waals surface area contributed by atoms with Crippen molar-refractivity contribution in [3.63, 3.8) is 0 Å². The highest BCUT2D eigenvalue weighted by molar-refractivity contribution is 5.56. The standard InChI is InChI=1S/C12H15NO4/c1-8(2)11(7-14)12(15)9-3-5-10(6-4-9)13(16)17/h3-8,11-12,15H,1-2H3/t11-,12+/m1/s1. The average Bonchev–Trinajstić information content (AvgIpc) is 2.29. The van der Waals surface area contributed by atoms with Crippen molar-refractivity contribution in [2.75, 3.05) is 0 Å². The number of carbonyl (C=O) groups excluding carboxylic acids is 1. The minimum atomic E-state index is -0.923. The molecule has 92 valence electrons. The zero-order chi connectivity index (χ0) is 13.0. The van der Waals surface area contributed by atoms with E-state index in [1.54, 1.807) is 0 Å². The van der Waals surface area contributed by atoms with Crippen molar-refractivity contribution < 1.29 is 14.8 Å². The summed E-state index contributed by atoms with van der Waals surface area (Å²) in [5.41, 5.74) is 0.481. The van der Waals surface area contributed by atoms with Crippen LogP contribution in [0, 0.1) is 22.0 Å². The summed E-state index contributed by atoms with van der Waals surface area (Å²) in [4.78, 5) is 20.8. The lowest BCUT2D eigenvalue weighted by Gasteiger charge is -2.21. The molecule has 0 unspecified atom stereocenters. The topological polar surface area (TPSA) is 80.4 Å². The average molecular weight is 237 g/mol. The molecule has 0 aromatic heterocycles. The number of aliphatic hydroxyl groups is 1. The van der Waals surface area contributed by atoms with E-state index < -0.39 is 16.9 Å². The van der Waals surface area contributed by atoms with Gasteiger partial charge >= 0.3 is 0 Å². The van der Waals surface area contributed by atoms with Gasteiger partial charge in [0.05, 0.1) is 11.0 Å². The summed E-state index contributed by atoms with van der Waals surface area (Å²) in [5, 5.41) is 20.4. The minimum Gasteiger partial charge on any atom is -0.388 e. The fourth-order valence-electron chi connectivity index (χ4n) is 1.61. The van der Waals surface area contributed by atoms with Crippen LogP contribution in [0.1, 0.15) is 25.5 Å². The first-order chi connectivity index (χ1) is 7.97. The van der Waals surface area contributed by atoms with E-state index in [2.05, 4.69) is 0 Å². The molecule has 17 heavy (non-hydrogen) atoms. The van der Waals surface area contributed by atoms with Gasteiger partial charge in [0, 0.05) is 18.1 Å². The molecule has 0 heterocycles. The molecular weight excluding hydrogens is 222 g/mol. The maximum absolute atomic E-state index is 10.9. The van der Waals surface area contributed by atoms with Gasteiger partial charge in [-0.15, -0.1) is 0 Å². The summed E-state index contributed by atoms with van der Waals surface area (Å²) >= 11 is 0. The van der Waals surface area contributed by atoms with E-state index in [0.717, 1.165) is 6.29 Å². The molecule has 5 heteroatoms. The molecule has 0 saturated carbocycles. The normalized spacial score (nSPS) is 14.4. The van der Waals surface area contributed by atoms with Crippen molar-refractivity contribution in [3.05, 3.63) is 39.9 Å². The molecule has 1 aromatic carbocycles. The zero-order valence-electron chi connectivity index (χ0n) is 9.74. The Bertz CT molecular complexity index is 399. The smallest absolute Gasteiger partial charge is 0.269 e. The number of nitro groups is 1. The van der Waals surface area contributed by atoms with E-state index in [4.69, 9.17) is 0 Å². The first kappa shape index (κ1) is 13.3. The minimum absolute atomic E-state index is 0.0118. The van der Waals surface area contributed by atoms with Gasteiger partial charge < -0.3 is 9.90 Å². The van der Waals surface area contributed by atoms with Crippen LogP contribution in [-0.4, -0.2) is 16.3 Å². The second-order valence-electron chi connectivity index (χ2n) is 4.25. The number of rotatable bonds is 5. The monoisotopic (exact) mass is 237 g/mol. The van der Waals surface area contributed by atoms with Crippen molar-refractivity contribution in [3.8, 4) is 0 Å². The molecule has 1 aromatic rings. The predicted octanol–water partition coefficient (Wildman–Crippen LogP) is 2.10. The molecule has 0 amide bonds. The van der Waals surface area contributed by atoms with Gasteiger partial charge in [0.25, 0.3) is 5.69 Å². The second kappa shape index (κ2) is 5.54. The largest absolute Gasteiger partial charge is 0.388 e. The first-order valence-corrected chi connectivity index (χ1v) is 5.35. The quantitative estimate of drug-likeness (QED) is 0.483. The van der Waals surface area contributed by atoms with Crippen LogP contribution in [0.2, 0.25) is 0 Å². The molecule has 0 bridgehead atoms. The third-order valence-electron chi connectivity index (χ3n) is 2.74. The Labute approximate surface area is 99.2 Å². The van der Waals surface area contributed by atoms with Crippen LogP contribution in [0.3, 0.4) is 0 Å². The van der Waals surface area contributed by atoms with E-state index >= 15 is 0 Å². The molecule has 0 spiro atoms. The van der Waals surface area contributed by atoms with Gasteiger partial charge in [-0.3, -0.25) is 10.1 Å². The highest BCUT2D eigenvalue weighted by atomic mass is 16.6. The number of carbonyl (C=O) groups is 1. The Morgan fingerprint density at radius 3 is 2.18 bits per heavy atom. The van der Waals surface area contributed by atoms with Gasteiger partial charge in [-0.25, -0.2) is 0 Å². The van der Waals surface area contributed by atoms with Crippen LogP contribution in [0.25, 0.3) is 0 Å². The maximum atomic E-state index is 10.9. The molecule has 2 atom stereocenters. The van der Waals surface area contributed by atoms with Crippen molar-refractivity contribution in [2.45, 2.75) is 20.0 Å². The SMILES string of the molecule is CC(C)[C@@H](C=O)[C@@H](O)c1ccc([N+](=O)[O-])cc1. The van der Waals surface area contributed by atoms with Crippen LogP contribution >= 0.6 is 0 Å². The Hall–Kier alpha value is -1.75. The van der Waals surface area contributed by atoms with E-state index in [-0.39, 0.29) is 11.6 Å². The molecule has 0 radical (unpaired) electrons. The predicted molar refractivity (Wildman–Crippen MR) is 62.4 cm³/mol. The summed E-state index contributed by atoms with van der Waals surface area (Å²) in [6, 6.07) is 5.59. The zero-order valence-corrected chi connectivity index (χ0v) is 9.74. The number of hydrogen-bond acceptors (Lipinski definition) is 4. The van der Waals surface area contributed by atoms with Gasteiger partial charge in [-0.1, -0.05) is 13.8 Å². The fraction of sp³-hybridized carbons (Fsp3) is 0.417. The van der Waals surface area contributed by atoms with Gasteiger partial charge in [0.2, 0.25) is 0 Å². The molecule has 1 N–H and O–H groups in total. The van der Waals surface area contributed by atoms with Gasteiger partial charge in [-0.2, -0.15) is 0 Å². The Kier molecular flexibility index (Phi) is 4.34. The highest BCUT2D eigenvalue weighted by Crippen LogP contribution is 2.27. The van der Waals surface area contributed by atoms with E-state index in [9.17, 15) is 20.0 Å². The van der Waals surface area contributed by atoms with Crippen LogP contribution in [0.4, 0.5) is 5.69 Å². The summed E-state index contributed by atoms with van der Waals surface area (Å²) in [7, 11) is 0. The lowest BCUT2D eigenvalue weighted by atomic mass is 9.88. The van der Waals surface area contributed by atoms with Crippen LogP contribution in [-0.2, 0) is 4.79 Å². The van der Waals surface area contributed by atoms with Crippen LogP contribution < -0.4 is 0 Å². The number of aldehydes is 1. The second-order valence-corrected chi connectivity index (χ2v) is 4.25. The summed E-state index contributed by atoms with van der Waals surface area (Å²) in [6.07, 6.45) is -0.204. The Balaban J connectivity index is 2.92. The molecule has 5 nitrogen and oxygen atoms in total. The van der Waals surface area contributed by atoms with Gasteiger partial charge in [0.15, 0.2) is 0 Å².